The predicted octanol–water partition coefficient (Wildman–Crippen LogP) is 6.76. The Hall–Kier alpha value is -2.28. The van der Waals surface area contributed by atoms with E-state index in [0.29, 0.717) is 22.0 Å². The molecule has 3 aromatic rings. The Morgan fingerprint density at radius 3 is 2.53 bits per heavy atom. The summed E-state index contributed by atoms with van der Waals surface area (Å²) in [7, 11) is 0. The SMILES string of the molecule is CCOC(=O)c1sc(-c2ccccc2)cc1NC(=O)CCCSc1ccc(Cl)cc1. The van der Waals surface area contributed by atoms with Gasteiger partial charge in [0.25, 0.3) is 0 Å². The summed E-state index contributed by atoms with van der Waals surface area (Å²) in [5.74, 6) is 0.284. The Morgan fingerprint density at radius 2 is 1.83 bits per heavy atom. The smallest absolute Gasteiger partial charge is 0.350 e. The van der Waals surface area contributed by atoms with E-state index in [1.165, 1.54) is 11.3 Å². The van der Waals surface area contributed by atoms with Gasteiger partial charge in [0.05, 0.1) is 12.3 Å². The number of hydrogen-bond acceptors (Lipinski definition) is 5. The molecule has 0 aliphatic carbocycles. The van der Waals surface area contributed by atoms with E-state index in [1.54, 1.807) is 18.7 Å². The number of halogens is 1. The lowest BCUT2D eigenvalue weighted by molar-refractivity contribution is -0.116. The van der Waals surface area contributed by atoms with E-state index in [9.17, 15) is 9.59 Å². The number of amides is 1. The number of nitrogens with one attached hydrogen (secondary N) is 1. The highest BCUT2D eigenvalue weighted by Crippen LogP contribution is 2.35. The van der Waals surface area contributed by atoms with Crippen LogP contribution in [0.15, 0.2) is 65.6 Å². The fourth-order valence-corrected chi connectivity index (χ4v) is 4.73. The molecule has 7 heteroatoms. The van der Waals surface area contributed by atoms with Gasteiger partial charge in [0, 0.05) is 21.2 Å². The summed E-state index contributed by atoms with van der Waals surface area (Å²) in [5.41, 5.74) is 1.50. The molecule has 0 aliphatic rings. The zero-order chi connectivity index (χ0) is 21.3. The molecule has 0 saturated heterocycles. The standard InChI is InChI=1S/C23H22ClNO3S2/c1-2-28-23(27)22-19(15-20(30-22)16-7-4-3-5-8-16)25-21(26)9-6-14-29-18-12-10-17(24)11-13-18/h3-5,7-8,10-13,15H,2,6,9,14H2,1H3,(H,25,26). The summed E-state index contributed by atoms with van der Waals surface area (Å²) in [4.78, 5) is 27.3. The van der Waals surface area contributed by atoms with Crippen LogP contribution in [0.2, 0.25) is 5.02 Å². The summed E-state index contributed by atoms with van der Waals surface area (Å²) in [6.45, 7) is 2.05. The number of esters is 1. The molecule has 0 fully saturated rings. The van der Waals surface area contributed by atoms with Crippen molar-refractivity contribution in [1.82, 2.24) is 0 Å². The molecule has 1 N–H and O–H groups in total. The van der Waals surface area contributed by atoms with Crippen LogP contribution in [0.1, 0.15) is 29.4 Å². The Morgan fingerprint density at radius 1 is 1.10 bits per heavy atom. The van der Waals surface area contributed by atoms with Crippen LogP contribution in [0, 0.1) is 0 Å². The minimum atomic E-state index is -0.418. The zero-order valence-corrected chi connectivity index (χ0v) is 18.9. The minimum absolute atomic E-state index is 0.116. The molecule has 1 aromatic heterocycles. The topological polar surface area (TPSA) is 55.4 Å². The average Bonchev–Trinajstić information content (AvgIpc) is 3.17. The molecule has 0 aliphatic heterocycles. The molecule has 4 nitrogen and oxygen atoms in total. The number of thiophene rings is 1. The van der Waals surface area contributed by atoms with Gasteiger partial charge in [-0.2, -0.15) is 0 Å². The summed E-state index contributed by atoms with van der Waals surface area (Å²) in [6, 6.07) is 19.2. The van der Waals surface area contributed by atoms with Crippen LogP contribution in [0.4, 0.5) is 5.69 Å². The van der Waals surface area contributed by atoms with Gasteiger partial charge in [0.1, 0.15) is 4.88 Å². The van der Waals surface area contributed by atoms with E-state index >= 15 is 0 Å². The van der Waals surface area contributed by atoms with Crippen molar-refractivity contribution in [3.05, 3.63) is 70.6 Å². The molecule has 0 radical (unpaired) electrons. The van der Waals surface area contributed by atoms with E-state index in [2.05, 4.69) is 5.32 Å². The summed E-state index contributed by atoms with van der Waals surface area (Å²) < 4.78 is 5.16. The second-order valence-corrected chi connectivity index (χ2v) is 9.05. The van der Waals surface area contributed by atoms with Gasteiger partial charge in [0.15, 0.2) is 0 Å². The lowest BCUT2D eigenvalue weighted by Gasteiger charge is -2.06. The summed E-state index contributed by atoms with van der Waals surface area (Å²) in [6.07, 6.45) is 1.10. The van der Waals surface area contributed by atoms with Gasteiger partial charge in [-0.05, 0) is 55.0 Å². The van der Waals surface area contributed by atoms with Crippen molar-refractivity contribution < 1.29 is 14.3 Å². The first-order valence-corrected chi connectivity index (χ1v) is 11.8. The van der Waals surface area contributed by atoms with Gasteiger partial charge >= 0.3 is 5.97 Å². The normalized spacial score (nSPS) is 10.6. The van der Waals surface area contributed by atoms with Gasteiger partial charge in [-0.15, -0.1) is 23.1 Å². The highest BCUT2D eigenvalue weighted by Gasteiger charge is 2.19. The number of ether oxygens (including phenoxy) is 1. The van der Waals surface area contributed by atoms with Gasteiger partial charge in [-0.3, -0.25) is 4.79 Å². The maximum Gasteiger partial charge on any atom is 0.350 e. The van der Waals surface area contributed by atoms with Gasteiger partial charge in [0.2, 0.25) is 5.91 Å². The molecule has 30 heavy (non-hydrogen) atoms. The molecule has 1 amide bonds. The molecule has 0 bridgehead atoms. The lowest BCUT2D eigenvalue weighted by Crippen LogP contribution is -2.14. The van der Waals surface area contributed by atoms with Crippen molar-refractivity contribution in [2.24, 2.45) is 0 Å². The van der Waals surface area contributed by atoms with E-state index in [-0.39, 0.29) is 12.5 Å². The molecule has 2 aromatic carbocycles. The van der Waals surface area contributed by atoms with Crippen LogP contribution < -0.4 is 5.32 Å². The number of carbonyl (C=O) groups is 2. The largest absolute Gasteiger partial charge is 0.462 e. The van der Waals surface area contributed by atoms with Crippen LogP contribution in [0.5, 0.6) is 0 Å². The fraction of sp³-hybridized carbons (Fsp3) is 0.217. The first-order chi connectivity index (χ1) is 14.6. The monoisotopic (exact) mass is 459 g/mol. The summed E-state index contributed by atoms with van der Waals surface area (Å²) >= 11 is 8.90. The van der Waals surface area contributed by atoms with E-state index in [1.807, 2.05) is 60.7 Å². The van der Waals surface area contributed by atoms with Crippen molar-refractivity contribution in [2.75, 3.05) is 17.7 Å². The Kier molecular flexibility index (Phi) is 8.37. The maximum absolute atomic E-state index is 12.5. The number of anilines is 1. The van der Waals surface area contributed by atoms with Crippen molar-refractivity contribution in [3.63, 3.8) is 0 Å². The molecular formula is C23H22ClNO3S2. The molecule has 1 heterocycles. The average molecular weight is 460 g/mol. The van der Waals surface area contributed by atoms with Crippen LogP contribution in [-0.4, -0.2) is 24.2 Å². The summed E-state index contributed by atoms with van der Waals surface area (Å²) in [5, 5.41) is 3.60. The number of hydrogen-bond donors (Lipinski definition) is 1. The molecule has 3 rings (SSSR count). The number of thioether (sulfide) groups is 1. The number of rotatable bonds is 9. The third-order valence-electron chi connectivity index (χ3n) is 4.16. The molecule has 0 saturated carbocycles. The van der Waals surface area contributed by atoms with Crippen molar-refractivity contribution in [3.8, 4) is 10.4 Å². The zero-order valence-electron chi connectivity index (χ0n) is 16.5. The van der Waals surface area contributed by atoms with Gasteiger partial charge in [-0.25, -0.2) is 4.79 Å². The van der Waals surface area contributed by atoms with Crippen molar-refractivity contribution in [1.29, 1.82) is 0 Å². The van der Waals surface area contributed by atoms with Crippen LogP contribution in [0.25, 0.3) is 10.4 Å². The van der Waals surface area contributed by atoms with Gasteiger partial charge in [-0.1, -0.05) is 41.9 Å². The molecule has 0 unspecified atom stereocenters. The lowest BCUT2D eigenvalue weighted by atomic mass is 10.2. The highest BCUT2D eigenvalue weighted by atomic mass is 35.5. The van der Waals surface area contributed by atoms with Gasteiger partial charge < -0.3 is 10.1 Å². The second-order valence-electron chi connectivity index (χ2n) is 6.39. The predicted molar refractivity (Wildman–Crippen MR) is 126 cm³/mol. The Balaban J connectivity index is 1.60. The van der Waals surface area contributed by atoms with Crippen molar-refractivity contribution in [2.45, 2.75) is 24.7 Å². The van der Waals surface area contributed by atoms with Crippen molar-refractivity contribution >= 4 is 52.3 Å². The Labute approximate surface area is 189 Å². The maximum atomic E-state index is 12.5. The second kappa shape index (κ2) is 11.2. The number of carbonyl (C=O) groups excluding carboxylic acids is 2. The third kappa shape index (κ3) is 6.36. The highest BCUT2D eigenvalue weighted by molar-refractivity contribution is 7.99. The first-order valence-electron chi connectivity index (χ1n) is 9.61. The quantitative estimate of drug-likeness (QED) is 0.218. The molecule has 0 spiro atoms. The fourth-order valence-electron chi connectivity index (χ4n) is 2.74. The van der Waals surface area contributed by atoms with E-state index < -0.39 is 5.97 Å². The minimum Gasteiger partial charge on any atom is -0.462 e. The van der Waals surface area contributed by atoms with Crippen LogP contribution in [-0.2, 0) is 9.53 Å². The number of benzene rings is 2. The van der Waals surface area contributed by atoms with E-state index in [0.717, 1.165) is 27.5 Å². The van der Waals surface area contributed by atoms with Crippen LogP contribution >= 0.6 is 34.7 Å². The van der Waals surface area contributed by atoms with Crippen LogP contribution in [0.3, 0.4) is 0 Å². The Bertz CT molecular complexity index is 987. The molecule has 156 valence electrons. The molecular weight excluding hydrogens is 438 g/mol. The third-order valence-corrected chi connectivity index (χ3v) is 6.67. The van der Waals surface area contributed by atoms with E-state index in [4.69, 9.17) is 16.3 Å². The molecule has 0 atom stereocenters. The first kappa shape index (κ1) is 22.4.